The normalized spacial score (nSPS) is 17.2. The SMILES string of the molecule is COc1ccc(C)cc1C(=O)OCC(=O)N1CCC[C@@H](C(N)=O)C1. The monoisotopic (exact) mass is 334 g/mol. The van der Waals surface area contributed by atoms with Crippen molar-refractivity contribution >= 4 is 17.8 Å². The Balaban J connectivity index is 1.95. The zero-order valence-corrected chi connectivity index (χ0v) is 13.9. The predicted molar refractivity (Wildman–Crippen MR) is 86.5 cm³/mol. The average Bonchev–Trinajstić information content (AvgIpc) is 2.59. The van der Waals surface area contributed by atoms with E-state index in [4.69, 9.17) is 15.2 Å². The Bertz CT molecular complexity index is 644. The summed E-state index contributed by atoms with van der Waals surface area (Å²) in [5.41, 5.74) is 6.46. The highest BCUT2D eigenvalue weighted by Gasteiger charge is 2.27. The summed E-state index contributed by atoms with van der Waals surface area (Å²) in [7, 11) is 1.46. The molecule has 1 aromatic rings. The molecule has 2 amide bonds. The maximum atomic E-state index is 12.2. The van der Waals surface area contributed by atoms with Crippen LogP contribution in [0.1, 0.15) is 28.8 Å². The van der Waals surface area contributed by atoms with Crippen molar-refractivity contribution in [1.29, 1.82) is 0 Å². The van der Waals surface area contributed by atoms with Gasteiger partial charge in [0, 0.05) is 13.1 Å². The number of aryl methyl sites for hydroxylation is 1. The molecule has 2 N–H and O–H groups in total. The van der Waals surface area contributed by atoms with Crippen LogP contribution in [0.4, 0.5) is 0 Å². The number of carbonyl (C=O) groups excluding carboxylic acids is 3. The number of hydrogen-bond acceptors (Lipinski definition) is 5. The van der Waals surface area contributed by atoms with E-state index < -0.39 is 11.9 Å². The average molecular weight is 334 g/mol. The van der Waals surface area contributed by atoms with Gasteiger partial charge in [0.1, 0.15) is 11.3 Å². The number of amides is 2. The molecule has 1 saturated heterocycles. The number of piperidine rings is 1. The number of methoxy groups -OCH3 is 1. The molecule has 1 atom stereocenters. The lowest BCUT2D eigenvalue weighted by Crippen LogP contribution is -2.45. The third-order valence-electron chi connectivity index (χ3n) is 4.08. The van der Waals surface area contributed by atoms with Crippen LogP contribution in [0.5, 0.6) is 5.75 Å². The lowest BCUT2D eigenvalue weighted by atomic mass is 9.97. The summed E-state index contributed by atoms with van der Waals surface area (Å²) < 4.78 is 10.2. The van der Waals surface area contributed by atoms with Crippen molar-refractivity contribution in [3.63, 3.8) is 0 Å². The summed E-state index contributed by atoms with van der Waals surface area (Å²) in [6.45, 7) is 2.29. The van der Waals surface area contributed by atoms with Gasteiger partial charge in [0.25, 0.3) is 5.91 Å². The molecular formula is C17H22N2O5. The van der Waals surface area contributed by atoms with Gasteiger partial charge in [-0.1, -0.05) is 11.6 Å². The van der Waals surface area contributed by atoms with Crippen molar-refractivity contribution in [2.75, 3.05) is 26.8 Å². The van der Waals surface area contributed by atoms with Gasteiger partial charge in [-0.25, -0.2) is 4.79 Å². The zero-order chi connectivity index (χ0) is 17.7. The number of nitrogens with zero attached hydrogens (tertiary/aromatic N) is 1. The van der Waals surface area contributed by atoms with Gasteiger partial charge in [0.05, 0.1) is 13.0 Å². The second-order valence-electron chi connectivity index (χ2n) is 5.86. The molecule has 130 valence electrons. The summed E-state index contributed by atoms with van der Waals surface area (Å²) in [5, 5.41) is 0. The van der Waals surface area contributed by atoms with E-state index in [0.29, 0.717) is 25.1 Å². The first-order valence-corrected chi connectivity index (χ1v) is 7.81. The second-order valence-corrected chi connectivity index (χ2v) is 5.86. The van der Waals surface area contributed by atoms with Crippen LogP contribution in [0.2, 0.25) is 0 Å². The van der Waals surface area contributed by atoms with Gasteiger partial charge in [-0.15, -0.1) is 0 Å². The van der Waals surface area contributed by atoms with E-state index in [0.717, 1.165) is 5.56 Å². The van der Waals surface area contributed by atoms with Crippen molar-refractivity contribution < 1.29 is 23.9 Å². The summed E-state index contributed by atoms with van der Waals surface area (Å²) in [4.78, 5) is 37.2. The summed E-state index contributed by atoms with van der Waals surface area (Å²) in [5.74, 6) is -1.30. The number of hydrogen-bond donors (Lipinski definition) is 1. The minimum absolute atomic E-state index is 0.277. The van der Waals surface area contributed by atoms with Crippen LogP contribution in [0, 0.1) is 12.8 Å². The third kappa shape index (κ3) is 4.24. The van der Waals surface area contributed by atoms with Crippen LogP contribution in [0.25, 0.3) is 0 Å². The summed E-state index contributed by atoms with van der Waals surface area (Å²) in [6, 6.07) is 5.14. The molecule has 7 nitrogen and oxygen atoms in total. The Kier molecular flexibility index (Phi) is 5.78. The Labute approximate surface area is 140 Å². The zero-order valence-electron chi connectivity index (χ0n) is 13.9. The number of ether oxygens (including phenoxy) is 2. The van der Waals surface area contributed by atoms with Gasteiger partial charge in [0.15, 0.2) is 6.61 Å². The molecule has 7 heteroatoms. The van der Waals surface area contributed by atoms with E-state index >= 15 is 0 Å². The molecule has 1 aromatic carbocycles. The van der Waals surface area contributed by atoms with Crippen molar-refractivity contribution in [1.82, 2.24) is 4.90 Å². The fourth-order valence-corrected chi connectivity index (χ4v) is 2.71. The molecule has 0 spiro atoms. The molecule has 0 unspecified atom stereocenters. The molecule has 0 aromatic heterocycles. The minimum atomic E-state index is -0.618. The first kappa shape index (κ1) is 17.8. The molecule has 1 aliphatic rings. The molecule has 0 bridgehead atoms. The Morgan fingerprint density at radius 1 is 1.33 bits per heavy atom. The molecular weight excluding hydrogens is 312 g/mol. The van der Waals surface area contributed by atoms with Crippen molar-refractivity contribution in [3.05, 3.63) is 29.3 Å². The van der Waals surface area contributed by atoms with E-state index in [9.17, 15) is 14.4 Å². The number of likely N-dealkylation sites (tertiary alicyclic amines) is 1. The van der Waals surface area contributed by atoms with Crippen molar-refractivity contribution in [3.8, 4) is 5.75 Å². The van der Waals surface area contributed by atoms with Crippen LogP contribution in [-0.2, 0) is 14.3 Å². The lowest BCUT2D eigenvalue weighted by molar-refractivity contribution is -0.137. The predicted octanol–water partition coefficient (Wildman–Crippen LogP) is 0.884. The maximum absolute atomic E-state index is 12.2. The van der Waals surface area contributed by atoms with Gasteiger partial charge in [-0.2, -0.15) is 0 Å². The highest BCUT2D eigenvalue weighted by Crippen LogP contribution is 2.21. The summed E-state index contributed by atoms with van der Waals surface area (Å²) in [6.07, 6.45) is 1.39. The molecule has 0 saturated carbocycles. The fourth-order valence-electron chi connectivity index (χ4n) is 2.71. The van der Waals surface area contributed by atoms with E-state index in [1.54, 1.807) is 12.1 Å². The molecule has 0 aliphatic carbocycles. The van der Waals surface area contributed by atoms with Gasteiger partial charge >= 0.3 is 5.97 Å². The molecule has 24 heavy (non-hydrogen) atoms. The number of benzene rings is 1. The first-order chi connectivity index (χ1) is 11.4. The fraction of sp³-hybridized carbons (Fsp3) is 0.471. The van der Waals surface area contributed by atoms with Gasteiger partial charge in [-0.3, -0.25) is 9.59 Å². The highest BCUT2D eigenvalue weighted by atomic mass is 16.5. The Hall–Kier alpha value is -2.57. The standard InChI is InChI=1S/C17H22N2O5/c1-11-5-6-14(23-2)13(8-11)17(22)24-10-15(20)19-7-3-4-12(9-19)16(18)21/h5-6,8,12H,3-4,7,9-10H2,1-2H3,(H2,18,21)/t12-/m1/s1. The largest absolute Gasteiger partial charge is 0.496 e. The third-order valence-corrected chi connectivity index (χ3v) is 4.08. The van der Waals surface area contributed by atoms with Gasteiger partial charge in [0.2, 0.25) is 5.91 Å². The number of esters is 1. The van der Waals surface area contributed by atoms with Crippen LogP contribution in [0.3, 0.4) is 0 Å². The molecule has 2 rings (SSSR count). The minimum Gasteiger partial charge on any atom is -0.496 e. The van der Waals surface area contributed by atoms with Crippen LogP contribution in [-0.4, -0.2) is 49.5 Å². The smallest absolute Gasteiger partial charge is 0.342 e. The van der Waals surface area contributed by atoms with Crippen LogP contribution < -0.4 is 10.5 Å². The molecule has 1 aliphatic heterocycles. The molecule has 1 fully saturated rings. The van der Waals surface area contributed by atoms with E-state index in [1.165, 1.54) is 12.0 Å². The number of primary amides is 1. The number of rotatable bonds is 5. The maximum Gasteiger partial charge on any atom is 0.342 e. The lowest BCUT2D eigenvalue weighted by Gasteiger charge is -2.31. The second kappa shape index (κ2) is 7.81. The van der Waals surface area contributed by atoms with E-state index in [1.807, 2.05) is 13.0 Å². The highest BCUT2D eigenvalue weighted by molar-refractivity contribution is 5.94. The van der Waals surface area contributed by atoms with Crippen molar-refractivity contribution in [2.24, 2.45) is 11.7 Å². The quantitative estimate of drug-likeness (QED) is 0.806. The van der Waals surface area contributed by atoms with Crippen LogP contribution in [0.15, 0.2) is 18.2 Å². The topological polar surface area (TPSA) is 98.9 Å². The van der Waals surface area contributed by atoms with Gasteiger partial charge < -0.3 is 20.1 Å². The van der Waals surface area contributed by atoms with E-state index in [2.05, 4.69) is 0 Å². The molecule has 0 radical (unpaired) electrons. The first-order valence-electron chi connectivity index (χ1n) is 7.81. The van der Waals surface area contributed by atoms with Crippen LogP contribution >= 0.6 is 0 Å². The summed E-state index contributed by atoms with van der Waals surface area (Å²) >= 11 is 0. The Morgan fingerprint density at radius 3 is 2.75 bits per heavy atom. The van der Waals surface area contributed by atoms with Crippen molar-refractivity contribution in [2.45, 2.75) is 19.8 Å². The number of nitrogens with two attached hydrogens (primary N) is 1. The van der Waals surface area contributed by atoms with Gasteiger partial charge in [-0.05, 0) is 31.9 Å². The van der Waals surface area contributed by atoms with E-state index in [-0.39, 0.29) is 30.5 Å². The molecule has 1 heterocycles. The number of carbonyl (C=O) groups is 3. The Morgan fingerprint density at radius 2 is 2.08 bits per heavy atom.